The van der Waals surface area contributed by atoms with Crippen LogP contribution in [0.3, 0.4) is 0 Å². The number of benzene rings is 13. The minimum atomic E-state index is -1.39. The maximum absolute atomic E-state index is 8.94. The van der Waals surface area contributed by atoms with Gasteiger partial charge in [-0.25, -0.2) is 0 Å². The molecule has 1 aliphatic carbocycles. The van der Waals surface area contributed by atoms with Crippen molar-refractivity contribution >= 4 is 78.6 Å². The quantitative estimate of drug-likeness (QED) is 0.0990. The van der Waals surface area contributed by atoms with E-state index in [-0.39, 0.29) is 0 Å². The third kappa shape index (κ3) is 9.62. The minimum Gasteiger partial charge on any atom is -0.423 e. The molecule has 3 heteroatoms. The topological polar surface area (TPSA) is 40.5 Å². The number of rotatable bonds is 6. The summed E-state index contributed by atoms with van der Waals surface area (Å²) in [6.45, 7) is 2.14. The molecule has 0 radical (unpaired) electrons. The van der Waals surface area contributed by atoms with E-state index in [4.69, 9.17) is 10.0 Å². The number of hydrogen-bond donors (Lipinski definition) is 2. The van der Waals surface area contributed by atoms with Gasteiger partial charge in [0.15, 0.2) is 0 Å². The Bertz CT molecular complexity index is 4250. The Morgan fingerprint density at radius 1 is 0.276 bits per heavy atom. The number of hydrogen-bond acceptors (Lipinski definition) is 2. The molecule has 2 nitrogen and oxygen atoms in total. The molecule has 0 fully saturated rings. The Morgan fingerprint density at radius 2 is 0.618 bits per heavy atom. The molecule has 14 rings (SSSR count). The van der Waals surface area contributed by atoms with Gasteiger partial charge in [-0.1, -0.05) is 248 Å². The number of allylic oxidation sites excluding steroid dienone is 2. The van der Waals surface area contributed by atoms with E-state index >= 15 is 0 Å². The smallest absolute Gasteiger partial charge is 0.423 e. The van der Waals surface area contributed by atoms with E-state index in [1.165, 1.54) is 115 Å². The van der Waals surface area contributed by atoms with E-state index in [0.29, 0.717) is 5.46 Å². The lowest BCUT2D eigenvalue weighted by Gasteiger charge is -2.12. The van der Waals surface area contributed by atoms with Crippen LogP contribution in [0.1, 0.15) is 16.7 Å². The first kappa shape index (κ1) is 47.5. The molecule has 0 heterocycles. The van der Waals surface area contributed by atoms with E-state index in [0.717, 1.165) is 11.1 Å². The predicted molar refractivity (Wildman–Crippen MR) is 325 cm³/mol. The van der Waals surface area contributed by atoms with Crippen LogP contribution in [-0.4, -0.2) is 17.2 Å². The van der Waals surface area contributed by atoms with Gasteiger partial charge in [0.05, 0.1) is 6.08 Å². The third-order valence-electron chi connectivity index (χ3n) is 14.6. The van der Waals surface area contributed by atoms with Crippen molar-refractivity contribution in [3.8, 4) is 55.6 Å². The van der Waals surface area contributed by atoms with Crippen LogP contribution in [0.2, 0.25) is 0 Å². The second-order valence-corrected chi connectivity index (χ2v) is 19.4. The maximum Gasteiger partial charge on any atom is 0.488 e. The van der Waals surface area contributed by atoms with Crippen molar-refractivity contribution in [1.82, 2.24) is 0 Å². The predicted octanol–water partition coefficient (Wildman–Crippen LogP) is 18.0. The van der Waals surface area contributed by atoms with Gasteiger partial charge in [-0.15, -0.1) is 0 Å². The van der Waals surface area contributed by atoms with Crippen molar-refractivity contribution in [2.24, 2.45) is 0 Å². The Kier molecular flexibility index (Phi) is 13.2. The summed E-state index contributed by atoms with van der Waals surface area (Å²) in [4.78, 5) is 0. The molecular formula is C73H52BO2+. The van der Waals surface area contributed by atoms with Gasteiger partial charge in [-0.05, 0) is 130 Å². The monoisotopic (exact) mass is 971 g/mol. The molecule has 0 unspecified atom stereocenters. The lowest BCUT2D eigenvalue weighted by molar-refractivity contribution is 0.426. The normalized spacial score (nSPS) is 11.4. The van der Waals surface area contributed by atoms with Crippen LogP contribution in [0.4, 0.5) is 0 Å². The molecule has 0 saturated carbocycles. The summed E-state index contributed by atoms with van der Waals surface area (Å²) >= 11 is 0. The van der Waals surface area contributed by atoms with Crippen molar-refractivity contribution in [3.05, 3.63) is 296 Å². The highest BCUT2D eigenvalue weighted by molar-refractivity contribution is 6.58. The van der Waals surface area contributed by atoms with Gasteiger partial charge >= 0.3 is 7.12 Å². The van der Waals surface area contributed by atoms with Crippen molar-refractivity contribution in [2.45, 2.75) is 6.92 Å². The molecule has 0 bridgehead atoms. The molecule has 13 aromatic rings. The van der Waals surface area contributed by atoms with Crippen LogP contribution in [0.25, 0.3) is 122 Å². The lowest BCUT2D eigenvalue weighted by Crippen LogP contribution is -2.29. The van der Waals surface area contributed by atoms with Crippen molar-refractivity contribution in [1.29, 1.82) is 0 Å². The Morgan fingerprint density at radius 3 is 1.16 bits per heavy atom. The molecule has 0 amide bonds. The summed E-state index contributed by atoms with van der Waals surface area (Å²) in [6.07, 6.45) is 9.52. The first-order valence-corrected chi connectivity index (χ1v) is 25.9. The fourth-order valence-electron chi connectivity index (χ4n) is 10.8. The van der Waals surface area contributed by atoms with Gasteiger partial charge in [-0.2, -0.15) is 0 Å². The average Bonchev–Trinajstić information content (AvgIpc) is 3.50. The Balaban J connectivity index is 0.000000126. The van der Waals surface area contributed by atoms with Gasteiger partial charge in [-0.3, -0.25) is 0 Å². The Hall–Kier alpha value is -9.47. The summed E-state index contributed by atoms with van der Waals surface area (Å²) in [5, 5.41) is 31.0. The van der Waals surface area contributed by atoms with Crippen molar-refractivity contribution in [3.63, 3.8) is 0 Å². The fourth-order valence-corrected chi connectivity index (χ4v) is 10.8. The summed E-state index contributed by atoms with van der Waals surface area (Å²) in [5.41, 5.74) is 16.5. The van der Waals surface area contributed by atoms with E-state index in [1.807, 2.05) is 48.5 Å². The molecule has 0 aliphatic heterocycles. The van der Waals surface area contributed by atoms with Gasteiger partial charge in [0.25, 0.3) is 0 Å². The highest BCUT2D eigenvalue weighted by Gasteiger charge is 2.20. The van der Waals surface area contributed by atoms with Crippen LogP contribution in [-0.2, 0) is 0 Å². The first-order valence-electron chi connectivity index (χ1n) is 25.9. The first-order chi connectivity index (χ1) is 37.4. The zero-order valence-electron chi connectivity index (χ0n) is 42.1. The van der Waals surface area contributed by atoms with Gasteiger partial charge < -0.3 is 10.0 Å². The van der Waals surface area contributed by atoms with Crippen molar-refractivity contribution < 1.29 is 10.0 Å². The van der Waals surface area contributed by atoms with Crippen LogP contribution >= 0.6 is 0 Å². The van der Waals surface area contributed by atoms with Gasteiger partial charge in [0.2, 0.25) is 0 Å². The standard InChI is InChI=1S/C36H24.C25H17.C12H11BO2/c1-2-9-25(10-3-1)26-17-19-27(20-18-26)28-11-8-12-29(23-28)30-21-22-35-33-15-5-4-13-31(33)32-14-6-7-16-34(32)36(35)24-30;1-17-7-6-8-18(15-17)19-13-14-24-22-11-3-2-9-20(22)21-10-4-5-12-23(21)25(24)16-19;14-13(15)12-8-6-11(7-9-12)10-4-2-1-3-5-10/h1-24H;3-16H,1H3;1-9,14-15H/q;+1;. The molecule has 13 aromatic carbocycles. The lowest BCUT2D eigenvalue weighted by atomic mass is 9.80. The third-order valence-corrected chi connectivity index (χ3v) is 14.6. The van der Waals surface area contributed by atoms with E-state index in [2.05, 4.69) is 237 Å². The van der Waals surface area contributed by atoms with E-state index in [1.54, 1.807) is 12.1 Å². The van der Waals surface area contributed by atoms with Crippen LogP contribution in [0.5, 0.6) is 0 Å². The molecule has 76 heavy (non-hydrogen) atoms. The highest BCUT2D eigenvalue weighted by atomic mass is 16.4. The fraction of sp³-hybridized carbons (Fsp3) is 0.0137. The SMILES string of the molecule is Cc1cccc(-c2ccc3c4c(c5ccccc5c3c2)C=[C+]C=C4)c1.OB(O)c1ccc(-c2ccccc2)cc1.c1ccc(-c2ccc(-c3cccc(-c4ccc5c6ccccc6c6ccccc6c5c4)c3)cc2)cc1. The molecule has 1 aliphatic rings. The summed E-state index contributed by atoms with van der Waals surface area (Å²) in [7, 11) is -1.39. The second-order valence-electron chi connectivity index (χ2n) is 19.4. The molecular weight excluding hydrogens is 920 g/mol. The van der Waals surface area contributed by atoms with Gasteiger partial charge in [0.1, 0.15) is 23.3 Å². The highest BCUT2D eigenvalue weighted by Crippen LogP contribution is 2.40. The summed E-state index contributed by atoms with van der Waals surface area (Å²) in [6, 6.07) is 94.1. The molecule has 0 spiro atoms. The second kappa shape index (κ2) is 21.2. The van der Waals surface area contributed by atoms with Crippen molar-refractivity contribution in [2.75, 3.05) is 0 Å². The zero-order valence-corrected chi connectivity index (χ0v) is 42.1. The minimum absolute atomic E-state index is 0.509. The number of fused-ring (bicyclic) bond motifs is 12. The van der Waals surface area contributed by atoms with E-state index in [9.17, 15) is 0 Å². The summed E-state index contributed by atoms with van der Waals surface area (Å²) < 4.78 is 0. The summed E-state index contributed by atoms with van der Waals surface area (Å²) in [5.74, 6) is 0. The van der Waals surface area contributed by atoms with Crippen LogP contribution < -0.4 is 5.46 Å². The maximum atomic E-state index is 8.94. The zero-order chi connectivity index (χ0) is 51.4. The van der Waals surface area contributed by atoms with Crippen LogP contribution in [0, 0.1) is 13.0 Å². The van der Waals surface area contributed by atoms with Crippen LogP contribution in [0.15, 0.2) is 273 Å². The molecule has 2 N–H and O–H groups in total. The molecule has 358 valence electrons. The average molecular weight is 972 g/mol. The molecule has 0 atom stereocenters. The van der Waals surface area contributed by atoms with Gasteiger partial charge in [0, 0.05) is 22.2 Å². The number of aryl methyl sites for hydroxylation is 1. The van der Waals surface area contributed by atoms with E-state index < -0.39 is 7.12 Å². The molecule has 0 saturated heterocycles. The molecule has 0 aromatic heterocycles. The Labute approximate surface area is 444 Å². The largest absolute Gasteiger partial charge is 0.488 e.